The van der Waals surface area contributed by atoms with Crippen molar-refractivity contribution in [2.24, 2.45) is 0 Å². The number of nitrogen functional groups attached to an aromatic ring is 1. The first-order valence-corrected chi connectivity index (χ1v) is 12.9. The first kappa shape index (κ1) is 22.8. The lowest BCUT2D eigenvalue weighted by atomic mass is 9.94. The Hall–Kier alpha value is -2.94. The van der Waals surface area contributed by atoms with E-state index in [0.717, 1.165) is 32.6 Å². The van der Waals surface area contributed by atoms with E-state index in [1.165, 1.54) is 17.3 Å². The highest BCUT2D eigenvalue weighted by molar-refractivity contribution is 7.99. The molecular weight excluding hydrogens is 464 g/mol. The fourth-order valence-electron chi connectivity index (χ4n) is 4.20. The molecule has 0 aliphatic carbocycles. The molecule has 2 aromatic carbocycles. The van der Waals surface area contributed by atoms with E-state index in [1.807, 2.05) is 60.7 Å². The second kappa shape index (κ2) is 9.37. The van der Waals surface area contributed by atoms with Crippen LogP contribution in [0.4, 0.5) is 5.82 Å². The van der Waals surface area contributed by atoms with Crippen molar-refractivity contribution in [1.29, 1.82) is 0 Å². The number of benzene rings is 2. The molecule has 3 N–H and O–H groups in total. The van der Waals surface area contributed by atoms with Gasteiger partial charge in [0.15, 0.2) is 5.16 Å². The number of carbonyl (C=O) groups is 1. The molecule has 1 aliphatic rings. The number of rotatable bonds is 6. The monoisotopic (exact) mass is 490 g/mol. The van der Waals surface area contributed by atoms with E-state index >= 15 is 0 Å². The predicted octanol–water partition coefficient (Wildman–Crippen LogP) is 5.12. The van der Waals surface area contributed by atoms with Crippen LogP contribution in [-0.2, 0) is 22.6 Å². The summed E-state index contributed by atoms with van der Waals surface area (Å²) < 4.78 is 5.94. The second-order valence-electron chi connectivity index (χ2n) is 8.91. The quantitative estimate of drug-likeness (QED) is 0.288. The van der Waals surface area contributed by atoms with Gasteiger partial charge in [0.2, 0.25) is 5.91 Å². The minimum absolute atomic E-state index is 0.0920. The third-order valence-corrected chi connectivity index (χ3v) is 7.79. The average molecular weight is 491 g/mol. The molecule has 0 atom stereocenters. The molecule has 0 spiro atoms. The highest BCUT2D eigenvalue weighted by atomic mass is 32.2. The van der Waals surface area contributed by atoms with Crippen molar-refractivity contribution in [1.82, 2.24) is 15.3 Å². The maximum absolute atomic E-state index is 12.9. The van der Waals surface area contributed by atoms with E-state index in [9.17, 15) is 4.79 Å². The Morgan fingerprint density at radius 1 is 1.12 bits per heavy atom. The van der Waals surface area contributed by atoms with Gasteiger partial charge in [0.1, 0.15) is 10.6 Å². The van der Waals surface area contributed by atoms with Crippen LogP contribution in [0.25, 0.3) is 10.2 Å². The molecule has 174 valence electrons. The fourth-order valence-corrected chi connectivity index (χ4v) is 6.03. The van der Waals surface area contributed by atoms with Gasteiger partial charge < -0.3 is 15.8 Å². The van der Waals surface area contributed by atoms with Gasteiger partial charge in [-0.25, -0.2) is 9.97 Å². The van der Waals surface area contributed by atoms with E-state index in [0.29, 0.717) is 17.6 Å². The standard InChI is InChI=1S/C26H26N4O2S2/c1-26(2)13-18-19(14-32-26)34-24-21(18)23(27)29-25(30-24)33-15-20(31)28-22(16-9-5-3-6-10-16)17-11-7-4-8-12-17/h3-12,22H,13-15H2,1-2H3,(H,28,31)(H2,27,29,30). The van der Waals surface area contributed by atoms with Crippen LogP contribution in [0.5, 0.6) is 0 Å². The lowest BCUT2D eigenvalue weighted by Crippen LogP contribution is -2.31. The molecule has 34 heavy (non-hydrogen) atoms. The molecule has 4 aromatic rings. The first-order chi connectivity index (χ1) is 16.4. The maximum Gasteiger partial charge on any atom is 0.231 e. The van der Waals surface area contributed by atoms with Crippen LogP contribution in [-0.4, -0.2) is 27.2 Å². The zero-order chi connectivity index (χ0) is 23.7. The molecule has 0 saturated heterocycles. The number of nitrogens with one attached hydrogen (secondary N) is 1. The Labute approximate surface area is 207 Å². The molecule has 0 bridgehead atoms. The van der Waals surface area contributed by atoms with E-state index in [1.54, 1.807) is 11.3 Å². The lowest BCUT2D eigenvalue weighted by molar-refractivity contribution is -0.119. The van der Waals surface area contributed by atoms with Gasteiger partial charge in [-0.3, -0.25) is 4.79 Å². The van der Waals surface area contributed by atoms with Gasteiger partial charge in [-0.1, -0.05) is 72.4 Å². The number of nitrogens with zero attached hydrogens (tertiary/aromatic N) is 2. The highest BCUT2D eigenvalue weighted by Crippen LogP contribution is 2.40. The van der Waals surface area contributed by atoms with Crippen LogP contribution in [0.3, 0.4) is 0 Å². The van der Waals surface area contributed by atoms with Crippen molar-refractivity contribution < 1.29 is 9.53 Å². The molecule has 1 amide bonds. The molecule has 5 rings (SSSR count). The normalized spacial score (nSPS) is 14.8. The molecule has 1 aliphatic heterocycles. The number of carbonyl (C=O) groups excluding carboxylic acids is 1. The number of nitrogens with two attached hydrogens (primary N) is 1. The number of ether oxygens (including phenoxy) is 1. The average Bonchev–Trinajstić information content (AvgIpc) is 3.19. The Morgan fingerprint density at radius 2 is 1.76 bits per heavy atom. The lowest BCUT2D eigenvalue weighted by Gasteiger charge is -2.30. The van der Waals surface area contributed by atoms with E-state index in [-0.39, 0.29) is 23.3 Å². The van der Waals surface area contributed by atoms with Crippen LogP contribution in [0.15, 0.2) is 65.8 Å². The number of anilines is 1. The first-order valence-electron chi connectivity index (χ1n) is 11.1. The topological polar surface area (TPSA) is 90.1 Å². The van der Waals surface area contributed by atoms with Gasteiger partial charge in [-0.15, -0.1) is 11.3 Å². The third kappa shape index (κ3) is 4.80. The van der Waals surface area contributed by atoms with E-state index in [4.69, 9.17) is 15.5 Å². The van der Waals surface area contributed by atoms with Crippen LogP contribution in [0, 0.1) is 0 Å². The van der Waals surface area contributed by atoms with Crippen molar-refractivity contribution in [2.45, 2.75) is 43.7 Å². The number of amides is 1. The summed E-state index contributed by atoms with van der Waals surface area (Å²) in [5.74, 6) is 0.572. The molecule has 6 nitrogen and oxygen atoms in total. The summed E-state index contributed by atoms with van der Waals surface area (Å²) in [6.45, 7) is 4.73. The maximum atomic E-state index is 12.9. The van der Waals surface area contributed by atoms with Crippen molar-refractivity contribution in [3.63, 3.8) is 0 Å². The van der Waals surface area contributed by atoms with Crippen molar-refractivity contribution in [3.05, 3.63) is 82.2 Å². The Balaban J connectivity index is 1.32. The summed E-state index contributed by atoms with van der Waals surface area (Å²) >= 11 is 2.90. The molecule has 0 radical (unpaired) electrons. The smallest absolute Gasteiger partial charge is 0.231 e. The van der Waals surface area contributed by atoms with Crippen molar-refractivity contribution in [2.75, 3.05) is 11.5 Å². The van der Waals surface area contributed by atoms with Gasteiger partial charge in [0.05, 0.1) is 29.4 Å². The number of fused-ring (bicyclic) bond motifs is 3. The minimum Gasteiger partial charge on any atom is -0.383 e. The fraction of sp³-hybridized carbons (Fsp3) is 0.269. The zero-order valence-corrected chi connectivity index (χ0v) is 20.7. The van der Waals surface area contributed by atoms with Crippen LogP contribution in [0.2, 0.25) is 0 Å². The summed E-state index contributed by atoms with van der Waals surface area (Å²) in [6, 6.07) is 19.7. The highest BCUT2D eigenvalue weighted by Gasteiger charge is 2.30. The number of hydrogen-bond donors (Lipinski definition) is 2. The van der Waals surface area contributed by atoms with Crippen LogP contribution < -0.4 is 11.1 Å². The van der Waals surface area contributed by atoms with Gasteiger partial charge >= 0.3 is 0 Å². The SMILES string of the molecule is CC1(C)Cc2c(sc3nc(SCC(=O)NC(c4ccccc4)c4ccccc4)nc(N)c23)CO1. The summed E-state index contributed by atoms with van der Waals surface area (Å²) in [5.41, 5.74) is 9.38. The number of aromatic nitrogens is 2. The molecule has 0 saturated carbocycles. The summed E-state index contributed by atoms with van der Waals surface area (Å²) in [4.78, 5) is 24.2. The molecule has 2 aromatic heterocycles. The summed E-state index contributed by atoms with van der Waals surface area (Å²) in [5, 5.41) is 4.60. The number of thioether (sulfide) groups is 1. The molecule has 0 fully saturated rings. The third-order valence-electron chi connectivity index (χ3n) is 5.84. The largest absolute Gasteiger partial charge is 0.383 e. The number of thiophene rings is 1. The van der Waals surface area contributed by atoms with Crippen LogP contribution >= 0.6 is 23.1 Å². The summed E-state index contributed by atoms with van der Waals surface area (Å²) in [6.07, 6.45) is 0.783. The van der Waals surface area contributed by atoms with Gasteiger partial charge in [-0.05, 0) is 30.5 Å². The van der Waals surface area contributed by atoms with Crippen molar-refractivity contribution in [3.8, 4) is 0 Å². The minimum atomic E-state index is -0.229. The zero-order valence-electron chi connectivity index (χ0n) is 19.1. The van der Waals surface area contributed by atoms with E-state index < -0.39 is 0 Å². The molecule has 8 heteroatoms. The predicted molar refractivity (Wildman–Crippen MR) is 138 cm³/mol. The number of hydrogen-bond acceptors (Lipinski definition) is 7. The Morgan fingerprint density at radius 3 is 2.41 bits per heavy atom. The summed E-state index contributed by atoms with van der Waals surface area (Å²) in [7, 11) is 0. The van der Waals surface area contributed by atoms with Gasteiger partial charge in [0, 0.05) is 11.3 Å². The molecule has 3 heterocycles. The van der Waals surface area contributed by atoms with E-state index in [2.05, 4.69) is 24.1 Å². The van der Waals surface area contributed by atoms with Crippen LogP contribution in [0.1, 0.15) is 41.5 Å². The van der Waals surface area contributed by atoms with Crippen molar-refractivity contribution >= 4 is 45.0 Å². The van der Waals surface area contributed by atoms with Gasteiger partial charge in [0.25, 0.3) is 0 Å². The Kier molecular flexibility index (Phi) is 6.29. The Bertz CT molecular complexity index is 1280. The molecular formula is C26H26N4O2S2. The second-order valence-corrected chi connectivity index (χ2v) is 10.9. The molecule has 0 unspecified atom stereocenters. The van der Waals surface area contributed by atoms with Gasteiger partial charge in [-0.2, -0.15) is 0 Å².